The van der Waals surface area contributed by atoms with Crippen LogP contribution in [0.5, 0.6) is 0 Å². The molecule has 7 nitrogen and oxygen atoms in total. The monoisotopic (exact) mass is 334 g/mol. The van der Waals surface area contributed by atoms with Crippen LogP contribution in [0.4, 0.5) is 5.82 Å². The first-order valence-corrected chi connectivity index (χ1v) is 8.08. The van der Waals surface area contributed by atoms with Gasteiger partial charge in [-0.25, -0.2) is 4.98 Å². The Bertz CT molecular complexity index is 1050. The highest BCUT2D eigenvalue weighted by molar-refractivity contribution is 6.02. The van der Waals surface area contributed by atoms with Crippen molar-refractivity contribution in [3.05, 3.63) is 42.4 Å². The SMILES string of the molecule is Cc1onc(-c2nn(C(C)C)c3ccnc(N)c23)c1-c1ccccn1. The molecule has 0 fully saturated rings. The van der Waals surface area contributed by atoms with E-state index in [1.807, 2.05) is 35.9 Å². The standard InChI is InChI=1S/C18H18N6O/c1-10(2)24-13-7-9-21-18(19)15(13)16(22-24)17-14(11(3)25-23-17)12-6-4-5-8-20-12/h4-10H,1-3H3,(H2,19,21). The number of nitrogen functional groups attached to an aromatic ring is 1. The fourth-order valence-electron chi connectivity index (χ4n) is 3.02. The van der Waals surface area contributed by atoms with Gasteiger partial charge in [-0.3, -0.25) is 9.67 Å². The summed E-state index contributed by atoms with van der Waals surface area (Å²) in [6.07, 6.45) is 3.43. The molecule has 25 heavy (non-hydrogen) atoms. The summed E-state index contributed by atoms with van der Waals surface area (Å²) in [6, 6.07) is 7.81. The quantitative estimate of drug-likeness (QED) is 0.615. The highest BCUT2D eigenvalue weighted by Gasteiger charge is 2.25. The number of hydrogen-bond donors (Lipinski definition) is 1. The van der Waals surface area contributed by atoms with Gasteiger partial charge in [-0.1, -0.05) is 11.2 Å². The van der Waals surface area contributed by atoms with E-state index in [-0.39, 0.29) is 6.04 Å². The molecule has 7 heteroatoms. The minimum absolute atomic E-state index is 0.171. The van der Waals surface area contributed by atoms with Gasteiger partial charge in [-0.15, -0.1) is 0 Å². The largest absolute Gasteiger partial charge is 0.383 e. The van der Waals surface area contributed by atoms with Crippen LogP contribution in [-0.4, -0.2) is 24.9 Å². The predicted octanol–water partition coefficient (Wildman–Crippen LogP) is 3.62. The summed E-state index contributed by atoms with van der Waals surface area (Å²) in [7, 11) is 0. The van der Waals surface area contributed by atoms with Crippen LogP contribution < -0.4 is 5.73 Å². The molecular formula is C18H18N6O. The molecule has 0 atom stereocenters. The zero-order valence-corrected chi connectivity index (χ0v) is 14.3. The van der Waals surface area contributed by atoms with Crippen molar-refractivity contribution < 1.29 is 4.52 Å². The zero-order valence-electron chi connectivity index (χ0n) is 14.3. The van der Waals surface area contributed by atoms with Crippen molar-refractivity contribution >= 4 is 16.7 Å². The van der Waals surface area contributed by atoms with E-state index in [0.717, 1.165) is 22.2 Å². The lowest BCUT2D eigenvalue weighted by atomic mass is 10.1. The molecule has 0 aliphatic heterocycles. The summed E-state index contributed by atoms with van der Waals surface area (Å²) in [5.74, 6) is 1.11. The molecule has 0 unspecified atom stereocenters. The van der Waals surface area contributed by atoms with Gasteiger partial charge in [0.05, 0.1) is 22.2 Å². The molecule has 0 aliphatic carbocycles. The smallest absolute Gasteiger partial charge is 0.144 e. The molecule has 0 aliphatic rings. The highest BCUT2D eigenvalue weighted by Crippen LogP contribution is 2.38. The Morgan fingerprint density at radius 3 is 2.64 bits per heavy atom. The summed E-state index contributed by atoms with van der Waals surface area (Å²) in [6.45, 7) is 6.00. The van der Waals surface area contributed by atoms with E-state index >= 15 is 0 Å². The molecule has 0 saturated carbocycles. The van der Waals surface area contributed by atoms with Gasteiger partial charge in [0.25, 0.3) is 0 Å². The van der Waals surface area contributed by atoms with E-state index in [1.54, 1.807) is 12.4 Å². The molecule has 0 spiro atoms. The number of nitrogens with two attached hydrogens (primary N) is 1. The van der Waals surface area contributed by atoms with E-state index in [1.165, 1.54) is 0 Å². The van der Waals surface area contributed by atoms with Gasteiger partial charge in [-0.2, -0.15) is 5.10 Å². The number of nitrogens with zero attached hydrogens (tertiary/aromatic N) is 5. The van der Waals surface area contributed by atoms with Gasteiger partial charge in [0.1, 0.15) is 23.0 Å². The van der Waals surface area contributed by atoms with Gasteiger partial charge >= 0.3 is 0 Å². The minimum Gasteiger partial charge on any atom is -0.383 e. The van der Waals surface area contributed by atoms with Crippen LogP contribution in [0.1, 0.15) is 25.6 Å². The van der Waals surface area contributed by atoms with Crippen LogP contribution in [0.3, 0.4) is 0 Å². The number of aromatic nitrogens is 5. The third-order valence-corrected chi connectivity index (χ3v) is 4.15. The lowest BCUT2D eigenvalue weighted by molar-refractivity contribution is 0.400. The fraction of sp³-hybridized carbons (Fsp3) is 0.222. The summed E-state index contributed by atoms with van der Waals surface area (Å²) in [5, 5.41) is 9.80. The second kappa shape index (κ2) is 5.70. The number of rotatable bonds is 3. The molecule has 0 saturated heterocycles. The number of pyridine rings is 2. The van der Waals surface area contributed by atoms with Crippen LogP contribution in [-0.2, 0) is 0 Å². The number of anilines is 1. The maximum absolute atomic E-state index is 6.16. The number of hydrogen-bond acceptors (Lipinski definition) is 6. The Morgan fingerprint density at radius 2 is 1.92 bits per heavy atom. The zero-order chi connectivity index (χ0) is 17.6. The lowest BCUT2D eigenvalue weighted by Gasteiger charge is -2.06. The van der Waals surface area contributed by atoms with E-state index in [4.69, 9.17) is 15.4 Å². The van der Waals surface area contributed by atoms with Crippen molar-refractivity contribution in [2.45, 2.75) is 26.8 Å². The van der Waals surface area contributed by atoms with Crippen LogP contribution in [0.15, 0.2) is 41.2 Å². The molecule has 2 N–H and O–H groups in total. The Balaban J connectivity index is 2.05. The molecule has 4 heterocycles. The van der Waals surface area contributed by atoms with Crippen molar-refractivity contribution in [2.75, 3.05) is 5.73 Å². The highest BCUT2D eigenvalue weighted by atomic mass is 16.5. The Labute approximate surface area is 144 Å². The second-order valence-corrected chi connectivity index (χ2v) is 6.15. The molecule has 0 aromatic carbocycles. The normalized spacial score (nSPS) is 11.5. The Hall–Kier alpha value is -3.22. The van der Waals surface area contributed by atoms with Gasteiger partial charge in [0, 0.05) is 18.4 Å². The topological polar surface area (TPSA) is 95.7 Å². The summed E-state index contributed by atoms with van der Waals surface area (Å²) >= 11 is 0. The Morgan fingerprint density at radius 1 is 1.08 bits per heavy atom. The maximum atomic E-state index is 6.16. The van der Waals surface area contributed by atoms with E-state index < -0.39 is 0 Å². The van der Waals surface area contributed by atoms with Gasteiger partial charge in [-0.05, 0) is 39.0 Å². The van der Waals surface area contributed by atoms with Crippen LogP contribution >= 0.6 is 0 Å². The average molecular weight is 334 g/mol. The first-order chi connectivity index (χ1) is 12.1. The van der Waals surface area contributed by atoms with Gasteiger partial charge in [0.2, 0.25) is 0 Å². The van der Waals surface area contributed by atoms with Crippen LogP contribution in [0.2, 0.25) is 0 Å². The maximum Gasteiger partial charge on any atom is 0.144 e. The molecule has 126 valence electrons. The molecule has 0 bridgehead atoms. The Kier molecular flexibility index (Phi) is 3.49. The van der Waals surface area contributed by atoms with Gasteiger partial charge in [0.15, 0.2) is 0 Å². The van der Waals surface area contributed by atoms with Crippen molar-refractivity contribution in [3.63, 3.8) is 0 Å². The molecule has 4 aromatic heterocycles. The van der Waals surface area contributed by atoms with Crippen molar-refractivity contribution in [2.24, 2.45) is 0 Å². The van der Waals surface area contributed by atoms with Crippen LogP contribution in [0, 0.1) is 6.92 Å². The van der Waals surface area contributed by atoms with E-state index in [9.17, 15) is 0 Å². The minimum atomic E-state index is 0.171. The molecule has 4 aromatic rings. The third-order valence-electron chi connectivity index (χ3n) is 4.15. The van der Waals surface area contributed by atoms with E-state index in [0.29, 0.717) is 23.0 Å². The fourth-order valence-corrected chi connectivity index (χ4v) is 3.02. The first kappa shape index (κ1) is 15.3. The molecular weight excluding hydrogens is 316 g/mol. The molecule has 0 radical (unpaired) electrons. The lowest BCUT2D eigenvalue weighted by Crippen LogP contribution is -2.02. The summed E-state index contributed by atoms with van der Waals surface area (Å²) in [5.41, 5.74) is 9.97. The van der Waals surface area contributed by atoms with Gasteiger partial charge < -0.3 is 10.3 Å². The number of aryl methyl sites for hydroxylation is 1. The molecule has 0 amide bonds. The van der Waals surface area contributed by atoms with Crippen molar-refractivity contribution in [1.82, 2.24) is 24.9 Å². The van der Waals surface area contributed by atoms with Crippen molar-refractivity contribution in [3.8, 4) is 22.6 Å². The average Bonchev–Trinajstić information content (AvgIpc) is 3.17. The first-order valence-electron chi connectivity index (χ1n) is 8.08. The summed E-state index contributed by atoms with van der Waals surface area (Å²) < 4.78 is 7.39. The number of fused-ring (bicyclic) bond motifs is 1. The van der Waals surface area contributed by atoms with Crippen molar-refractivity contribution in [1.29, 1.82) is 0 Å². The predicted molar refractivity (Wildman–Crippen MR) is 95.8 cm³/mol. The molecule has 4 rings (SSSR count). The van der Waals surface area contributed by atoms with E-state index in [2.05, 4.69) is 29.0 Å². The summed E-state index contributed by atoms with van der Waals surface area (Å²) in [4.78, 5) is 8.66. The third kappa shape index (κ3) is 2.36. The van der Waals surface area contributed by atoms with Crippen LogP contribution in [0.25, 0.3) is 33.5 Å². The second-order valence-electron chi connectivity index (χ2n) is 6.15.